The van der Waals surface area contributed by atoms with Gasteiger partial charge in [-0.25, -0.2) is 4.79 Å². The number of anilines is 2. The maximum atomic E-state index is 12.8. The summed E-state index contributed by atoms with van der Waals surface area (Å²) < 4.78 is 11.8. The number of nitrogens with one attached hydrogen (secondary N) is 1. The van der Waals surface area contributed by atoms with Crippen molar-refractivity contribution in [3.8, 4) is 5.75 Å². The van der Waals surface area contributed by atoms with Gasteiger partial charge < -0.3 is 24.6 Å². The molecule has 0 unspecified atom stereocenters. The Morgan fingerprint density at radius 3 is 2.42 bits per heavy atom. The molecule has 178 valence electrons. The molecule has 7 nitrogen and oxygen atoms in total. The van der Waals surface area contributed by atoms with E-state index in [1.54, 1.807) is 19.1 Å². The van der Waals surface area contributed by atoms with Gasteiger partial charge in [0, 0.05) is 26.2 Å². The Labute approximate surface area is 204 Å². The second-order valence-electron chi connectivity index (χ2n) is 8.10. The molecule has 1 N–H and O–H groups in total. The predicted octanol–water partition coefficient (Wildman–Crippen LogP) is 4.40. The van der Waals surface area contributed by atoms with Gasteiger partial charge in [0.1, 0.15) is 5.75 Å². The Hall–Kier alpha value is -2.58. The Bertz CT molecular complexity index is 980. The molecule has 0 radical (unpaired) electrons. The van der Waals surface area contributed by atoms with Crippen molar-refractivity contribution in [1.29, 1.82) is 0 Å². The normalized spacial score (nSPS) is 14.2. The number of carbonyl (C=O) groups excluding carboxylic acids is 2. The van der Waals surface area contributed by atoms with E-state index in [1.807, 2.05) is 32.0 Å². The largest absolute Gasteiger partial charge is 0.482 e. The van der Waals surface area contributed by atoms with Crippen molar-refractivity contribution in [2.24, 2.45) is 0 Å². The topological polar surface area (TPSA) is 71.1 Å². The van der Waals surface area contributed by atoms with E-state index >= 15 is 0 Å². The molecule has 1 aliphatic rings. The zero-order valence-corrected chi connectivity index (χ0v) is 21.3. The van der Waals surface area contributed by atoms with Crippen LogP contribution in [0.2, 0.25) is 0 Å². The van der Waals surface area contributed by atoms with Gasteiger partial charge in [-0.15, -0.1) is 0 Å². The third-order valence-electron chi connectivity index (χ3n) is 5.66. The van der Waals surface area contributed by atoms with Crippen LogP contribution >= 0.6 is 15.9 Å². The molecular weight excluding hydrogens is 486 g/mol. The van der Waals surface area contributed by atoms with Crippen molar-refractivity contribution >= 4 is 39.2 Å². The highest BCUT2D eigenvalue weighted by Gasteiger charge is 2.21. The summed E-state index contributed by atoms with van der Waals surface area (Å²) in [6, 6.07) is 9.28. The van der Waals surface area contributed by atoms with Gasteiger partial charge in [0.25, 0.3) is 5.91 Å². The summed E-state index contributed by atoms with van der Waals surface area (Å²) in [5.74, 6) is -0.0610. The fourth-order valence-electron chi connectivity index (χ4n) is 3.97. The van der Waals surface area contributed by atoms with Crippen LogP contribution in [0.5, 0.6) is 5.75 Å². The molecule has 0 aliphatic carbocycles. The number of ether oxygens (including phenoxy) is 2. The van der Waals surface area contributed by atoms with E-state index < -0.39 is 5.97 Å². The van der Waals surface area contributed by atoms with E-state index in [9.17, 15) is 9.59 Å². The van der Waals surface area contributed by atoms with E-state index in [0.29, 0.717) is 23.6 Å². The zero-order valence-electron chi connectivity index (χ0n) is 19.7. The molecule has 0 bridgehead atoms. The lowest BCUT2D eigenvalue weighted by molar-refractivity contribution is -0.118. The van der Waals surface area contributed by atoms with E-state index in [1.165, 1.54) is 0 Å². The van der Waals surface area contributed by atoms with Crippen LogP contribution in [-0.4, -0.2) is 62.7 Å². The van der Waals surface area contributed by atoms with Crippen molar-refractivity contribution in [3.05, 3.63) is 51.5 Å². The average molecular weight is 518 g/mol. The molecule has 1 amide bonds. The fourth-order valence-corrected chi connectivity index (χ4v) is 4.76. The molecular formula is C25H32BrN3O4. The molecule has 1 heterocycles. The molecule has 1 aliphatic heterocycles. The lowest BCUT2D eigenvalue weighted by Crippen LogP contribution is -2.46. The predicted molar refractivity (Wildman–Crippen MR) is 134 cm³/mol. The Balaban J connectivity index is 1.78. The molecule has 0 aromatic heterocycles. The third kappa shape index (κ3) is 6.48. The van der Waals surface area contributed by atoms with E-state index in [0.717, 1.165) is 54.0 Å². The molecule has 2 aromatic carbocycles. The quantitative estimate of drug-likeness (QED) is 0.523. The summed E-state index contributed by atoms with van der Waals surface area (Å²) >= 11 is 3.51. The number of carbonyl (C=O) groups is 2. The van der Waals surface area contributed by atoms with Crippen molar-refractivity contribution in [3.63, 3.8) is 0 Å². The van der Waals surface area contributed by atoms with Gasteiger partial charge in [-0.05, 0) is 78.6 Å². The second kappa shape index (κ2) is 11.5. The van der Waals surface area contributed by atoms with Crippen LogP contribution in [0.25, 0.3) is 0 Å². The van der Waals surface area contributed by atoms with Gasteiger partial charge in [0.15, 0.2) is 6.61 Å². The van der Waals surface area contributed by atoms with Crippen LogP contribution in [-0.2, 0) is 9.53 Å². The highest BCUT2D eigenvalue weighted by molar-refractivity contribution is 9.10. The van der Waals surface area contributed by atoms with E-state index in [-0.39, 0.29) is 12.5 Å². The van der Waals surface area contributed by atoms with Crippen LogP contribution in [0.15, 0.2) is 34.8 Å². The first-order chi connectivity index (χ1) is 15.8. The van der Waals surface area contributed by atoms with Gasteiger partial charge >= 0.3 is 5.97 Å². The summed E-state index contributed by atoms with van der Waals surface area (Å²) in [6.45, 7) is 12.6. The van der Waals surface area contributed by atoms with Gasteiger partial charge in [0.2, 0.25) is 0 Å². The number of piperazine rings is 1. The van der Waals surface area contributed by atoms with Crippen LogP contribution < -0.4 is 15.0 Å². The Morgan fingerprint density at radius 2 is 1.79 bits per heavy atom. The van der Waals surface area contributed by atoms with E-state index in [2.05, 4.69) is 38.0 Å². The number of hydrogen-bond donors (Lipinski definition) is 1. The number of aryl methyl sites for hydroxylation is 2. The number of rotatable bonds is 8. The molecule has 3 rings (SSSR count). The number of hydrogen-bond acceptors (Lipinski definition) is 6. The average Bonchev–Trinajstić information content (AvgIpc) is 2.78. The SMILES string of the molecule is CCOC(=O)c1ccc(N2CCN(CC)CC2)c(NC(=O)COc2c(C)cc(C)cc2Br)c1. The zero-order chi connectivity index (χ0) is 24.0. The van der Waals surface area contributed by atoms with Gasteiger partial charge in [-0.3, -0.25) is 4.79 Å². The van der Waals surface area contributed by atoms with Gasteiger partial charge in [0.05, 0.1) is 28.0 Å². The molecule has 33 heavy (non-hydrogen) atoms. The van der Waals surface area contributed by atoms with Crippen LogP contribution in [0.1, 0.15) is 35.3 Å². The molecule has 0 saturated carbocycles. The van der Waals surface area contributed by atoms with Gasteiger partial charge in [-0.1, -0.05) is 13.0 Å². The molecule has 0 spiro atoms. The lowest BCUT2D eigenvalue weighted by Gasteiger charge is -2.36. The summed E-state index contributed by atoms with van der Waals surface area (Å²) in [4.78, 5) is 29.7. The summed E-state index contributed by atoms with van der Waals surface area (Å²) in [5.41, 5.74) is 3.94. The minimum Gasteiger partial charge on any atom is -0.482 e. The standard InChI is InChI=1S/C25H32BrN3O4/c1-5-28-9-11-29(12-10-28)22-8-7-19(25(31)32-6-2)15-21(22)27-23(30)16-33-24-18(4)13-17(3)14-20(24)26/h7-8,13-15H,5-6,9-12,16H2,1-4H3,(H,27,30). The van der Waals surface area contributed by atoms with Crippen molar-refractivity contribution in [2.45, 2.75) is 27.7 Å². The Kier molecular flexibility index (Phi) is 8.74. The highest BCUT2D eigenvalue weighted by Crippen LogP contribution is 2.31. The minimum absolute atomic E-state index is 0.144. The number of likely N-dealkylation sites (N-methyl/N-ethyl adjacent to an activating group) is 1. The van der Waals surface area contributed by atoms with Crippen LogP contribution in [0, 0.1) is 13.8 Å². The number of benzene rings is 2. The maximum Gasteiger partial charge on any atom is 0.338 e. The van der Waals surface area contributed by atoms with Crippen molar-refractivity contribution in [2.75, 3.05) is 56.2 Å². The number of esters is 1. The molecule has 1 saturated heterocycles. The molecule has 2 aromatic rings. The molecule has 8 heteroatoms. The minimum atomic E-state index is -0.411. The van der Waals surface area contributed by atoms with Gasteiger partial charge in [-0.2, -0.15) is 0 Å². The van der Waals surface area contributed by atoms with Crippen molar-refractivity contribution in [1.82, 2.24) is 4.90 Å². The summed E-state index contributed by atoms with van der Waals surface area (Å²) in [7, 11) is 0. The first-order valence-corrected chi connectivity index (χ1v) is 12.1. The molecule has 0 atom stereocenters. The summed E-state index contributed by atoms with van der Waals surface area (Å²) in [6.07, 6.45) is 0. The number of halogens is 1. The monoisotopic (exact) mass is 517 g/mol. The first kappa shape index (κ1) is 25.1. The number of nitrogens with zero attached hydrogens (tertiary/aromatic N) is 2. The smallest absolute Gasteiger partial charge is 0.338 e. The second-order valence-corrected chi connectivity index (χ2v) is 8.96. The Morgan fingerprint density at radius 1 is 1.06 bits per heavy atom. The third-order valence-corrected chi connectivity index (χ3v) is 6.25. The fraction of sp³-hybridized carbons (Fsp3) is 0.440. The van der Waals surface area contributed by atoms with Crippen LogP contribution in [0.4, 0.5) is 11.4 Å². The highest BCUT2D eigenvalue weighted by atomic mass is 79.9. The summed E-state index contributed by atoms with van der Waals surface area (Å²) in [5, 5.41) is 2.95. The molecule has 1 fully saturated rings. The van der Waals surface area contributed by atoms with Crippen LogP contribution in [0.3, 0.4) is 0 Å². The number of amides is 1. The maximum absolute atomic E-state index is 12.8. The lowest BCUT2D eigenvalue weighted by atomic mass is 10.1. The van der Waals surface area contributed by atoms with E-state index in [4.69, 9.17) is 9.47 Å². The first-order valence-electron chi connectivity index (χ1n) is 11.3. The van der Waals surface area contributed by atoms with Crippen molar-refractivity contribution < 1.29 is 19.1 Å².